The number of halogens is 3. The van der Waals surface area contributed by atoms with Gasteiger partial charge in [0, 0.05) is 6.07 Å². The lowest BCUT2D eigenvalue weighted by Crippen LogP contribution is -2.19. The van der Waals surface area contributed by atoms with Gasteiger partial charge < -0.3 is 4.84 Å². The van der Waals surface area contributed by atoms with Crippen LogP contribution in [0.25, 0.3) is 0 Å². The summed E-state index contributed by atoms with van der Waals surface area (Å²) < 4.78 is 38.7. The first-order valence-electron chi connectivity index (χ1n) is 4.99. The molecule has 6 heteroatoms. The first-order chi connectivity index (χ1) is 7.95. The number of carbonyl (C=O) groups is 1. The third-order valence-electron chi connectivity index (χ3n) is 2.45. The molecule has 0 fully saturated rings. The zero-order valence-electron chi connectivity index (χ0n) is 9.17. The van der Waals surface area contributed by atoms with Crippen LogP contribution in [0.4, 0.5) is 13.2 Å². The van der Waals surface area contributed by atoms with Crippen molar-refractivity contribution in [2.24, 2.45) is 11.8 Å². The maximum Gasteiger partial charge on any atom is 0.327 e. The Bertz CT molecular complexity index is 423. The van der Waals surface area contributed by atoms with E-state index in [9.17, 15) is 18.0 Å². The molecular weight excluding hydrogens is 235 g/mol. The molecule has 1 atom stereocenters. The lowest BCUT2D eigenvalue weighted by Gasteiger charge is -2.09. The summed E-state index contributed by atoms with van der Waals surface area (Å²) in [6.07, 6.45) is 0.331. The van der Waals surface area contributed by atoms with Crippen molar-refractivity contribution in [3.63, 3.8) is 0 Å². The van der Waals surface area contributed by atoms with Gasteiger partial charge in [-0.1, -0.05) is 6.92 Å². The van der Waals surface area contributed by atoms with E-state index < -0.39 is 29.3 Å². The molecule has 2 N–H and O–H groups in total. The van der Waals surface area contributed by atoms with Gasteiger partial charge >= 0.3 is 5.97 Å². The third kappa shape index (κ3) is 3.45. The van der Waals surface area contributed by atoms with Crippen molar-refractivity contribution in [1.82, 2.24) is 0 Å². The molecule has 0 aliphatic heterocycles. The standard InChI is InChI=1S/C11H12F3NO2/c1-6(11(16)17-15)2-3-7-4-9(13)10(14)5-8(7)12/h4-6H,2-3,15H2,1H3. The Labute approximate surface area is 96.3 Å². The van der Waals surface area contributed by atoms with E-state index in [1.165, 1.54) is 0 Å². The molecule has 0 aliphatic rings. The summed E-state index contributed by atoms with van der Waals surface area (Å²) in [5, 5.41) is 0. The van der Waals surface area contributed by atoms with Crippen molar-refractivity contribution >= 4 is 5.97 Å². The van der Waals surface area contributed by atoms with Gasteiger partial charge in [-0.25, -0.2) is 13.2 Å². The van der Waals surface area contributed by atoms with Crippen molar-refractivity contribution in [3.05, 3.63) is 35.1 Å². The first kappa shape index (κ1) is 13.5. The molecule has 0 spiro atoms. The SMILES string of the molecule is CC(CCc1cc(F)c(F)cc1F)C(=O)ON. The molecule has 0 radical (unpaired) electrons. The Morgan fingerprint density at radius 3 is 2.47 bits per heavy atom. The molecule has 3 nitrogen and oxygen atoms in total. The molecule has 1 aromatic carbocycles. The number of rotatable bonds is 4. The van der Waals surface area contributed by atoms with Crippen molar-refractivity contribution in [2.45, 2.75) is 19.8 Å². The summed E-state index contributed by atoms with van der Waals surface area (Å²) in [7, 11) is 0. The molecule has 0 aromatic heterocycles. The summed E-state index contributed by atoms with van der Waals surface area (Å²) in [5.41, 5.74) is 0.0144. The fourth-order valence-corrected chi connectivity index (χ4v) is 1.36. The van der Waals surface area contributed by atoms with E-state index in [1.807, 2.05) is 0 Å². The minimum absolute atomic E-state index is 0.0144. The van der Waals surface area contributed by atoms with E-state index in [2.05, 4.69) is 10.7 Å². The highest BCUT2D eigenvalue weighted by atomic mass is 19.2. The first-order valence-corrected chi connectivity index (χ1v) is 4.99. The smallest absolute Gasteiger partial charge is 0.327 e. The number of benzene rings is 1. The van der Waals surface area contributed by atoms with Gasteiger partial charge in [-0.2, -0.15) is 5.90 Å². The van der Waals surface area contributed by atoms with E-state index >= 15 is 0 Å². The second kappa shape index (κ2) is 5.67. The summed E-state index contributed by atoms with van der Waals surface area (Å²) >= 11 is 0. The molecule has 0 amide bonds. The molecule has 1 unspecified atom stereocenters. The lowest BCUT2D eigenvalue weighted by atomic mass is 10.0. The van der Waals surface area contributed by atoms with E-state index in [0.717, 1.165) is 6.07 Å². The topological polar surface area (TPSA) is 52.3 Å². The molecule has 0 saturated heterocycles. The fourth-order valence-electron chi connectivity index (χ4n) is 1.36. The Morgan fingerprint density at radius 2 is 1.88 bits per heavy atom. The Morgan fingerprint density at radius 1 is 1.29 bits per heavy atom. The molecule has 1 rings (SSSR count). The molecule has 94 valence electrons. The van der Waals surface area contributed by atoms with Crippen LogP contribution in [0.15, 0.2) is 12.1 Å². The predicted octanol–water partition coefficient (Wildman–Crippen LogP) is 2.09. The number of hydrogen-bond acceptors (Lipinski definition) is 3. The van der Waals surface area contributed by atoms with Gasteiger partial charge in [-0.3, -0.25) is 4.79 Å². The average molecular weight is 247 g/mol. The maximum absolute atomic E-state index is 13.2. The second-order valence-corrected chi connectivity index (χ2v) is 3.73. The van der Waals surface area contributed by atoms with Crippen LogP contribution >= 0.6 is 0 Å². The van der Waals surface area contributed by atoms with Gasteiger partial charge in [0.1, 0.15) is 5.82 Å². The fraction of sp³-hybridized carbons (Fsp3) is 0.364. The lowest BCUT2D eigenvalue weighted by molar-refractivity contribution is -0.148. The van der Waals surface area contributed by atoms with Gasteiger partial charge in [0.25, 0.3) is 0 Å². The van der Waals surface area contributed by atoms with Crippen LogP contribution < -0.4 is 5.90 Å². The quantitative estimate of drug-likeness (QED) is 0.654. The van der Waals surface area contributed by atoms with Crippen molar-refractivity contribution in [2.75, 3.05) is 0 Å². The maximum atomic E-state index is 13.2. The molecule has 1 aromatic rings. The molecule has 0 saturated carbocycles. The Hall–Kier alpha value is -1.56. The molecule has 17 heavy (non-hydrogen) atoms. The number of aryl methyl sites for hydroxylation is 1. The van der Waals surface area contributed by atoms with Crippen LogP contribution in [0, 0.1) is 23.4 Å². The van der Waals surface area contributed by atoms with E-state index in [-0.39, 0.29) is 18.4 Å². The van der Waals surface area contributed by atoms with Crippen LogP contribution in [0.5, 0.6) is 0 Å². The van der Waals surface area contributed by atoms with Crippen molar-refractivity contribution < 1.29 is 22.8 Å². The molecular formula is C11H12F3NO2. The zero-order valence-corrected chi connectivity index (χ0v) is 9.17. The van der Waals surface area contributed by atoms with Crippen molar-refractivity contribution in [1.29, 1.82) is 0 Å². The van der Waals surface area contributed by atoms with Crippen molar-refractivity contribution in [3.8, 4) is 0 Å². The number of hydrogen-bond donors (Lipinski definition) is 1. The van der Waals surface area contributed by atoms with Crippen LogP contribution in [-0.4, -0.2) is 5.97 Å². The van der Waals surface area contributed by atoms with Crippen LogP contribution in [0.3, 0.4) is 0 Å². The number of carbonyl (C=O) groups excluding carboxylic acids is 1. The van der Waals surface area contributed by atoms with Gasteiger partial charge in [-0.05, 0) is 24.5 Å². The predicted molar refractivity (Wildman–Crippen MR) is 54.1 cm³/mol. The van der Waals surface area contributed by atoms with Crippen LogP contribution in [-0.2, 0) is 16.1 Å². The molecule has 0 bridgehead atoms. The summed E-state index contributed by atoms with van der Waals surface area (Å²) in [5.74, 6) is 0.330. The average Bonchev–Trinajstić information content (AvgIpc) is 2.30. The zero-order chi connectivity index (χ0) is 13.0. The largest absolute Gasteiger partial charge is 0.373 e. The van der Waals surface area contributed by atoms with Gasteiger partial charge in [-0.15, -0.1) is 0 Å². The van der Waals surface area contributed by atoms with Gasteiger partial charge in [0.05, 0.1) is 5.92 Å². The second-order valence-electron chi connectivity index (χ2n) is 3.73. The number of nitrogens with two attached hydrogens (primary N) is 1. The Balaban J connectivity index is 2.70. The monoisotopic (exact) mass is 247 g/mol. The summed E-state index contributed by atoms with van der Waals surface area (Å²) in [6.45, 7) is 1.55. The van der Waals surface area contributed by atoms with Gasteiger partial charge in [0.2, 0.25) is 0 Å². The summed E-state index contributed by atoms with van der Waals surface area (Å²) in [4.78, 5) is 15.0. The molecule has 0 heterocycles. The normalized spacial score (nSPS) is 12.3. The highest BCUT2D eigenvalue weighted by Gasteiger charge is 2.16. The highest BCUT2D eigenvalue weighted by molar-refractivity contribution is 5.71. The van der Waals surface area contributed by atoms with E-state index in [4.69, 9.17) is 0 Å². The van der Waals surface area contributed by atoms with Gasteiger partial charge in [0.15, 0.2) is 11.6 Å². The summed E-state index contributed by atoms with van der Waals surface area (Å²) in [6, 6.07) is 1.27. The van der Waals surface area contributed by atoms with Crippen LogP contribution in [0.2, 0.25) is 0 Å². The third-order valence-corrected chi connectivity index (χ3v) is 2.45. The van der Waals surface area contributed by atoms with E-state index in [1.54, 1.807) is 6.92 Å². The molecule has 0 aliphatic carbocycles. The van der Waals surface area contributed by atoms with Crippen LogP contribution in [0.1, 0.15) is 18.9 Å². The minimum Gasteiger partial charge on any atom is -0.373 e. The minimum atomic E-state index is -1.24. The Kier molecular flexibility index (Phi) is 4.51. The highest BCUT2D eigenvalue weighted by Crippen LogP contribution is 2.17. The van der Waals surface area contributed by atoms with E-state index in [0.29, 0.717) is 6.07 Å².